The third-order valence-electron chi connectivity index (χ3n) is 2.67. The predicted molar refractivity (Wildman–Crippen MR) is 77.7 cm³/mol. The first-order valence-electron chi connectivity index (χ1n) is 5.83. The molecule has 0 saturated heterocycles. The molecule has 0 aromatic heterocycles. The number of rotatable bonds is 4. The van der Waals surface area contributed by atoms with E-state index >= 15 is 0 Å². The van der Waals surface area contributed by atoms with E-state index < -0.39 is 16.1 Å². The maximum atomic E-state index is 12.0. The summed E-state index contributed by atoms with van der Waals surface area (Å²) in [6, 6.07) is 11.4. The van der Waals surface area contributed by atoms with Crippen LogP contribution in [0.5, 0.6) is 0 Å². The molecule has 0 atom stereocenters. The molecule has 1 N–H and O–H groups in total. The SMILES string of the molecule is O=C(Cl)c1cccc(NC(=O)c2cccc([N+](=O)[O-])c2)c1. The Balaban J connectivity index is 2.22. The van der Waals surface area contributed by atoms with Crippen LogP contribution in [0.15, 0.2) is 48.5 Å². The number of carbonyl (C=O) groups excluding carboxylic acids is 2. The van der Waals surface area contributed by atoms with E-state index in [1.807, 2.05) is 0 Å². The van der Waals surface area contributed by atoms with Gasteiger partial charge in [0.25, 0.3) is 16.8 Å². The topological polar surface area (TPSA) is 89.3 Å². The summed E-state index contributed by atoms with van der Waals surface area (Å²) in [5.41, 5.74) is 0.589. The molecule has 7 heteroatoms. The maximum absolute atomic E-state index is 12.0. The average Bonchev–Trinajstić information content (AvgIpc) is 2.47. The van der Waals surface area contributed by atoms with Gasteiger partial charge in [-0.3, -0.25) is 19.7 Å². The van der Waals surface area contributed by atoms with Crippen LogP contribution in [0.4, 0.5) is 11.4 Å². The van der Waals surface area contributed by atoms with Crippen molar-refractivity contribution in [2.24, 2.45) is 0 Å². The molecular weight excluding hydrogens is 296 g/mol. The van der Waals surface area contributed by atoms with Gasteiger partial charge in [0, 0.05) is 28.9 Å². The molecule has 0 aliphatic carbocycles. The number of hydrogen-bond donors (Lipinski definition) is 1. The quantitative estimate of drug-likeness (QED) is 0.533. The minimum atomic E-state index is -0.638. The van der Waals surface area contributed by atoms with Crippen molar-refractivity contribution in [1.82, 2.24) is 0 Å². The molecule has 1 amide bonds. The molecule has 0 radical (unpaired) electrons. The van der Waals surface area contributed by atoms with E-state index in [9.17, 15) is 19.7 Å². The van der Waals surface area contributed by atoms with Gasteiger partial charge in [0.2, 0.25) is 0 Å². The van der Waals surface area contributed by atoms with Crippen LogP contribution in [-0.4, -0.2) is 16.1 Å². The molecule has 2 aromatic carbocycles. The van der Waals surface area contributed by atoms with Crippen LogP contribution in [0, 0.1) is 10.1 Å². The maximum Gasteiger partial charge on any atom is 0.270 e. The molecule has 21 heavy (non-hydrogen) atoms. The van der Waals surface area contributed by atoms with Crippen molar-refractivity contribution in [3.05, 3.63) is 69.8 Å². The Kier molecular flexibility index (Phi) is 4.30. The molecule has 6 nitrogen and oxygen atoms in total. The highest BCUT2D eigenvalue weighted by molar-refractivity contribution is 6.67. The molecular formula is C14H9ClN2O4. The Morgan fingerprint density at radius 3 is 2.38 bits per heavy atom. The number of nitro groups is 1. The lowest BCUT2D eigenvalue weighted by Gasteiger charge is -2.06. The monoisotopic (exact) mass is 304 g/mol. The van der Waals surface area contributed by atoms with Crippen molar-refractivity contribution in [3.8, 4) is 0 Å². The Bertz CT molecular complexity index is 730. The molecule has 0 bridgehead atoms. The summed E-state index contributed by atoms with van der Waals surface area (Å²) in [5, 5.41) is 12.6. The van der Waals surface area contributed by atoms with Gasteiger partial charge in [-0.2, -0.15) is 0 Å². The number of halogens is 1. The van der Waals surface area contributed by atoms with E-state index in [2.05, 4.69) is 5.32 Å². The molecule has 2 aromatic rings. The zero-order valence-corrected chi connectivity index (χ0v) is 11.3. The number of anilines is 1. The van der Waals surface area contributed by atoms with Crippen molar-refractivity contribution >= 4 is 34.1 Å². The molecule has 0 saturated carbocycles. The number of amides is 1. The van der Waals surface area contributed by atoms with Crippen LogP contribution in [0.2, 0.25) is 0 Å². The fourth-order valence-corrected chi connectivity index (χ4v) is 1.80. The van der Waals surface area contributed by atoms with Crippen molar-refractivity contribution in [2.75, 3.05) is 5.32 Å². The van der Waals surface area contributed by atoms with Crippen LogP contribution in [0.25, 0.3) is 0 Å². The van der Waals surface area contributed by atoms with E-state index in [-0.39, 0.29) is 16.8 Å². The van der Waals surface area contributed by atoms with Gasteiger partial charge in [-0.05, 0) is 35.9 Å². The van der Waals surface area contributed by atoms with Gasteiger partial charge in [-0.1, -0.05) is 12.1 Å². The summed E-state index contributed by atoms with van der Waals surface area (Å²) < 4.78 is 0. The normalized spacial score (nSPS) is 9.95. The van der Waals surface area contributed by atoms with Gasteiger partial charge < -0.3 is 5.32 Å². The van der Waals surface area contributed by atoms with E-state index in [0.717, 1.165) is 0 Å². The summed E-state index contributed by atoms with van der Waals surface area (Å²) >= 11 is 5.36. The molecule has 2 rings (SSSR count). The van der Waals surface area contributed by atoms with Crippen molar-refractivity contribution in [3.63, 3.8) is 0 Å². The number of carbonyl (C=O) groups is 2. The summed E-state index contributed by atoms with van der Waals surface area (Å²) in [7, 11) is 0. The fraction of sp³-hybridized carbons (Fsp3) is 0. The van der Waals surface area contributed by atoms with Gasteiger partial charge in [0.1, 0.15) is 0 Å². The third-order valence-corrected chi connectivity index (χ3v) is 2.88. The summed E-state index contributed by atoms with van der Waals surface area (Å²) in [6.45, 7) is 0. The molecule has 0 aliphatic heterocycles. The number of non-ortho nitro benzene ring substituents is 1. The number of benzene rings is 2. The van der Waals surface area contributed by atoms with Crippen LogP contribution in [0.3, 0.4) is 0 Å². The van der Waals surface area contributed by atoms with Crippen molar-refractivity contribution in [2.45, 2.75) is 0 Å². The lowest BCUT2D eigenvalue weighted by Crippen LogP contribution is -2.12. The first-order valence-corrected chi connectivity index (χ1v) is 6.21. The number of nitrogens with one attached hydrogen (secondary N) is 1. The van der Waals surface area contributed by atoms with Crippen LogP contribution in [0.1, 0.15) is 20.7 Å². The van der Waals surface area contributed by atoms with Crippen LogP contribution < -0.4 is 5.32 Å². The smallest absolute Gasteiger partial charge is 0.270 e. The molecule has 106 valence electrons. The average molecular weight is 305 g/mol. The summed E-state index contributed by atoms with van der Waals surface area (Å²) in [4.78, 5) is 33.2. The fourth-order valence-electron chi connectivity index (χ4n) is 1.68. The van der Waals surface area contributed by atoms with Gasteiger partial charge >= 0.3 is 0 Å². The summed E-state index contributed by atoms with van der Waals surface area (Å²) in [5.74, 6) is -0.516. The second-order valence-electron chi connectivity index (χ2n) is 4.12. The highest BCUT2D eigenvalue weighted by Gasteiger charge is 2.12. The van der Waals surface area contributed by atoms with Crippen LogP contribution in [-0.2, 0) is 0 Å². The number of nitrogens with zero attached hydrogens (tertiary/aromatic N) is 1. The highest BCUT2D eigenvalue weighted by Crippen LogP contribution is 2.16. The van der Waals surface area contributed by atoms with Crippen LogP contribution >= 0.6 is 11.6 Å². The molecule has 0 aliphatic rings. The second kappa shape index (κ2) is 6.15. The number of hydrogen-bond acceptors (Lipinski definition) is 4. The third kappa shape index (κ3) is 3.64. The number of nitro benzene ring substituents is 1. The zero-order valence-electron chi connectivity index (χ0n) is 10.6. The Morgan fingerprint density at radius 2 is 1.71 bits per heavy atom. The minimum Gasteiger partial charge on any atom is -0.322 e. The largest absolute Gasteiger partial charge is 0.322 e. The minimum absolute atomic E-state index is 0.145. The predicted octanol–water partition coefficient (Wildman–Crippen LogP) is 3.23. The summed E-state index contributed by atoms with van der Waals surface area (Å²) in [6.07, 6.45) is 0. The van der Waals surface area contributed by atoms with E-state index in [1.54, 1.807) is 12.1 Å². The standard InChI is InChI=1S/C14H9ClN2O4/c15-13(18)9-3-1-5-11(7-9)16-14(19)10-4-2-6-12(8-10)17(20)21/h1-8H,(H,16,19). The Morgan fingerprint density at radius 1 is 1.05 bits per heavy atom. The van der Waals surface area contributed by atoms with E-state index in [4.69, 9.17) is 11.6 Å². The van der Waals surface area contributed by atoms with E-state index in [0.29, 0.717) is 5.69 Å². The van der Waals surface area contributed by atoms with Gasteiger partial charge in [-0.25, -0.2) is 0 Å². The lowest BCUT2D eigenvalue weighted by molar-refractivity contribution is -0.384. The van der Waals surface area contributed by atoms with Crippen molar-refractivity contribution < 1.29 is 14.5 Å². The van der Waals surface area contributed by atoms with E-state index in [1.165, 1.54) is 36.4 Å². The van der Waals surface area contributed by atoms with Crippen molar-refractivity contribution in [1.29, 1.82) is 0 Å². The first-order chi connectivity index (χ1) is 9.97. The molecule has 0 fully saturated rings. The van der Waals surface area contributed by atoms with Gasteiger partial charge in [-0.15, -0.1) is 0 Å². The zero-order chi connectivity index (χ0) is 15.4. The molecule has 0 spiro atoms. The molecule has 0 unspecified atom stereocenters. The second-order valence-corrected chi connectivity index (χ2v) is 4.46. The highest BCUT2D eigenvalue weighted by atomic mass is 35.5. The first kappa shape index (κ1) is 14.7. The lowest BCUT2D eigenvalue weighted by atomic mass is 10.1. The van der Waals surface area contributed by atoms with Gasteiger partial charge in [0.15, 0.2) is 0 Å². The van der Waals surface area contributed by atoms with Gasteiger partial charge in [0.05, 0.1) is 4.92 Å². The Hall–Kier alpha value is -2.73. The Labute approximate surface area is 124 Å². The molecule has 0 heterocycles.